The van der Waals surface area contributed by atoms with Crippen molar-refractivity contribution < 1.29 is 18.6 Å². The minimum atomic E-state index is -0.307. The van der Waals surface area contributed by atoms with Gasteiger partial charge in [0.15, 0.2) is 11.5 Å². The van der Waals surface area contributed by atoms with E-state index in [-0.39, 0.29) is 12.4 Å². The summed E-state index contributed by atoms with van der Waals surface area (Å²) in [6.07, 6.45) is 0. The Morgan fingerprint density at radius 1 is 1.22 bits per heavy atom. The molecule has 0 radical (unpaired) electrons. The van der Waals surface area contributed by atoms with Crippen LogP contribution in [0.2, 0.25) is 5.02 Å². The summed E-state index contributed by atoms with van der Waals surface area (Å²) < 4.78 is 30.3. The van der Waals surface area contributed by atoms with Crippen LogP contribution >= 0.6 is 23.8 Å². The second-order valence-electron chi connectivity index (χ2n) is 6.04. The van der Waals surface area contributed by atoms with E-state index >= 15 is 0 Å². The van der Waals surface area contributed by atoms with E-state index in [0.29, 0.717) is 46.9 Å². The quantitative estimate of drug-likeness (QED) is 0.657. The van der Waals surface area contributed by atoms with Gasteiger partial charge in [-0.3, -0.25) is 0 Å². The minimum absolute atomic E-state index is 0.185. The van der Waals surface area contributed by atoms with Gasteiger partial charge in [-0.2, -0.15) is 0 Å². The maximum Gasteiger partial charge on any atom is 0.180 e. The summed E-state index contributed by atoms with van der Waals surface area (Å²) in [7, 11) is 0. The highest BCUT2D eigenvalue weighted by molar-refractivity contribution is 7.80. The zero-order valence-corrected chi connectivity index (χ0v) is 16.6. The number of morpholine rings is 1. The lowest BCUT2D eigenvalue weighted by Crippen LogP contribution is -2.40. The highest BCUT2D eigenvalue weighted by atomic mass is 35.5. The van der Waals surface area contributed by atoms with Gasteiger partial charge in [0.1, 0.15) is 17.4 Å². The van der Waals surface area contributed by atoms with E-state index < -0.39 is 0 Å². The van der Waals surface area contributed by atoms with Crippen LogP contribution in [0.5, 0.6) is 11.5 Å². The Morgan fingerprint density at radius 3 is 2.70 bits per heavy atom. The van der Waals surface area contributed by atoms with Crippen LogP contribution < -0.4 is 9.47 Å². The van der Waals surface area contributed by atoms with Gasteiger partial charge in [0.2, 0.25) is 0 Å². The Balaban J connectivity index is 1.82. The first-order valence-corrected chi connectivity index (χ1v) is 9.57. The highest BCUT2D eigenvalue weighted by Gasteiger charge is 2.19. The Hall–Kier alpha value is -1.89. The van der Waals surface area contributed by atoms with Gasteiger partial charge in [0, 0.05) is 18.7 Å². The molecule has 0 bridgehead atoms. The standard InChI is InChI=1S/C20H21ClFNO3S/c1-2-25-18-12-15(20(27)23-6-8-24-9-7-23)11-17(21)19(18)26-13-14-4-3-5-16(22)10-14/h3-5,10-12H,2,6-9,13H2,1H3. The fourth-order valence-electron chi connectivity index (χ4n) is 2.83. The third kappa shape index (κ3) is 5.09. The molecule has 144 valence electrons. The zero-order valence-electron chi connectivity index (χ0n) is 15.0. The number of ether oxygens (including phenoxy) is 3. The van der Waals surface area contributed by atoms with Gasteiger partial charge >= 0.3 is 0 Å². The topological polar surface area (TPSA) is 30.9 Å². The molecule has 0 saturated carbocycles. The molecule has 0 aliphatic carbocycles. The molecule has 2 aromatic rings. The number of thiocarbonyl (C=S) groups is 1. The summed E-state index contributed by atoms with van der Waals surface area (Å²) in [5, 5.41) is 0.406. The summed E-state index contributed by atoms with van der Waals surface area (Å²) in [5.41, 5.74) is 1.51. The van der Waals surface area contributed by atoms with Crippen molar-refractivity contribution >= 4 is 28.8 Å². The molecule has 3 rings (SSSR count). The van der Waals surface area contributed by atoms with E-state index in [1.54, 1.807) is 18.2 Å². The molecule has 27 heavy (non-hydrogen) atoms. The Kier molecular flexibility index (Phi) is 6.88. The predicted molar refractivity (Wildman–Crippen MR) is 107 cm³/mol. The van der Waals surface area contributed by atoms with Crippen molar-refractivity contribution in [2.24, 2.45) is 0 Å². The number of nitrogens with zero attached hydrogens (tertiary/aromatic N) is 1. The molecule has 1 aliphatic rings. The van der Waals surface area contributed by atoms with Gasteiger partial charge < -0.3 is 19.1 Å². The van der Waals surface area contributed by atoms with Gasteiger partial charge in [0.05, 0.1) is 24.8 Å². The van der Waals surface area contributed by atoms with E-state index in [9.17, 15) is 4.39 Å². The summed E-state index contributed by atoms with van der Waals surface area (Å²) >= 11 is 12.1. The first-order valence-electron chi connectivity index (χ1n) is 8.79. The average molecular weight is 410 g/mol. The molecule has 2 aromatic carbocycles. The van der Waals surface area contributed by atoms with Crippen molar-refractivity contribution in [3.05, 3.63) is 58.4 Å². The van der Waals surface area contributed by atoms with Crippen molar-refractivity contribution in [2.75, 3.05) is 32.9 Å². The van der Waals surface area contributed by atoms with E-state index in [1.807, 2.05) is 13.0 Å². The third-order valence-corrected chi connectivity index (χ3v) is 4.90. The molecule has 1 heterocycles. The second kappa shape index (κ2) is 9.35. The summed E-state index contributed by atoms with van der Waals surface area (Å²) in [4.78, 5) is 2.80. The van der Waals surface area contributed by atoms with Gasteiger partial charge in [-0.1, -0.05) is 36.0 Å². The van der Waals surface area contributed by atoms with Crippen LogP contribution in [0.15, 0.2) is 36.4 Å². The van der Waals surface area contributed by atoms with E-state index in [2.05, 4.69) is 4.90 Å². The minimum Gasteiger partial charge on any atom is -0.490 e. The van der Waals surface area contributed by atoms with Gasteiger partial charge in [0.25, 0.3) is 0 Å². The van der Waals surface area contributed by atoms with E-state index in [1.165, 1.54) is 12.1 Å². The molecule has 1 saturated heterocycles. The largest absolute Gasteiger partial charge is 0.490 e. The van der Waals surface area contributed by atoms with Crippen molar-refractivity contribution in [1.82, 2.24) is 4.90 Å². The molecule has 0 atom stereocenters. The van der Waals surface area contributed by atoms with E-state index in [0.717, 1.165) is 18.7 Å². The summed E-state index contributed by atoms with van der Waals surface area (Å²) in [5.74, 6) is 0.641. The molecule has 1 fully saturated rings. The van der Waals surface area contributed by atoms with E-state index in [4.69, 9.17) is 38.0 Å². The predicted octanol–water partition coefficient (Wildman–Crippen LogP) is 4.46. The number of hydrogen-bond donors (Lipinski definition) is 0. The SMILES string of the molecule is CCOc1cc(C(=S)N2CCOCC2)cc(Cl)c1OCc1cccc(F)c1. The summed E-state index contributed by atoms with van der Waals surface area (Å²) in [6.45, 7) is 5.33. The maximum atomic E-state index is 13.4. The Bertz CT molecular complexity index is 812. The van der Waals surface area contributed by atoms with Crippen molar-refractivity contribution in [2.45, 2.75) is 13.5 Å². The smallest absolute Gasteiger partial charge is 0.180 e. The molecule has 4 nitrogen and oxygen atoms in total. The van der Waals surface area contributed by atoms with Crippen LogP contribution in [-0.4, -0.2) is 42.8 Å². The van der Waals surface area contributed by atoms with Gasteiger partial charge in [-0.25, -0.2) is 4.39 Å². The fourth-order valence-corrected chi connectivity index (χ4v) is 3.39. The number of benzene rings is 2. The molecule has 0 unspecified atom stereocenters. The van der Waals surface area contributed by atoms with Gasteiger partial charge in [-0.05, 0) is 36.8 Å². The van der Waals surface area contributed by atoms with Crippen LogP contribution in [0.3, 0.4) is 0 Å². The lowest BCUT2D eigenvalue weighted by Gasteiger charge is -2.29. The van der Waals surface area contributed by atoms with Crippen molar-refractivity contribution in [3.8, 4) is 11.5 Å². The molecule has 1 aliphatic heterocycles. The zero-order chi connectivity index (χ0) is 19.2. The first kappa shape index (κ1) is 19.9. The molecular weight excluding hydrogens is 389 g/mol. The third-order valence-electron chi connectivity index (χ3n) is 4.13. The molecule has 0 N–H and O–H groups in total. The normalized spacial score (nSPS) is 14.1. The molecule has 0 amide bonds. The van der Waals surface area contributed by atoms with Crippen LogP contribution in [-0.2, 0) is 11.3 Å². The van der Waals surface area contributed by atoms with Crippen LogP contribution in [0, 0.1) is 5.82 Å². The lowest BCUT2D eigenvalue weighted by molar-refractivity contribution is 0.0693. The second-order valence-corrected chi connectivity index (χ2v) is 6.84. The number of hydrogen-bond acceptors (Lipinski definition) is 4. The first-order chi connectivity index (χ1) is 13.1. The van der Waals surface area contributed by atoms with Crippen LogP contribution in [0.4, 0.5) is 4.39 Å². The maximum absolute atomic E-state index is 13.4. The summed E-state index contributed by atoms with van der Waals surface area (Å²) in [6, 6.07) is 9.87. The number of rotatable bonds is 6. The monoisotopic (exact) mass is 409 g/mol. The fraction of sp³-hybridized carbons (Fsp3) is 0.350. The number of halogens is 2. The van der Waals surface area contributed by atoms with Crippen LogP contribution in [0.1, 0.15) is 18.1 Å². The van der Waals surface area contributed by atoms with Gasteiger partial charge in [-0.15, -0.1) is 0 Å². The highest BCUT2D eigenvalue weighted by Crippen LogP contribution is 2.37. The Labute approximate surface area is 168 Å². The van der Waals surface area contributed by atoms with Crippen molar-refractivity contribution in [3.63, 3.8) is 0 Å². The molecule has 0 aromatic heterocycles. The van der Waals surface area contributed by atoms with Crippen molar-refractivity contribution in [1.29, 1.82) is 0 Å². The average Bonchev–Trinajstić information content (AvgIpc) is 2.67. The van der Waals surface area contributed by atoms with Crippen LogP contribution in [0.25, 0.3) is 0 Å². The lowest BCUT2D eigenvalue weighted by atomic mass is 10.1. The molecule has 0 spiro atoms. The molecule has 7 heteroatoms. The molecular formula is C20H21ClFNO3S. The Morgan fingerprint density at radius 2 is 2.00 bits per heavy atom.